The van der Waals surface area contributed by atoms with Gasteiger partial charge in [0.15, 0.2) is 0 Å². The number of rotatable bonds is 3. The van der Waals surface area contributed by atoms with Gasteiger partial charge < -0.3 is 4.74 Å². The maximum absolute atomic E-state index is 5.41. The molecule has 0 radical (unpaired) electrons. The first-order chi connectivity index (χ1) is 8.54. The zero-order valence-electron chi connectivity index (χ0n) is 11.1. The van der Waals surface area contributed by atoms with Crippen molar-refractivity contribution in [2.75, 3.05) is 7.11 Å². The molecule has 0 aliphatic rings. The van der Waals surface area contributed by atoms with Crippen molar-refractivity contribution in [3.8, 4) is 5.75 Å². The van der Waals surface area contributed by atoms with Gasteiger partial charge in [0, 0.05) is 4.88 Å². The lowest BCUT2D eigenvalue weighted by Crippen LogP contribution is -1.97. The van der Waals surface area contributed by atoms with Crippen LogP contribution in [-0.2, 0) is 0 Å². The van der Waals surface area contributed by atoms with Crippen molar-refractivity contribution >= 4 is 27.3 Å². The maximum Gasteiger partial charge on any atom is 0.124 e. The van der Waals surface area contributed by atoms with E-state index in [4.69, 9.17) is 4.74 Å². The molecule has 0 N–H and O–H groups in total. The minimum Gasteiger partial charge on any atom is -0.496 e. The summed E-state index contributed by atoms with van der Waals surface area (Å²) in [6, 6.07) is 6.56. The monoisotopic (exact) mass is 324 g/mol. The molecule has 2 aromatic rings. The van der Waals surface area contributed by atoms with Crippen LogP contribution in [0.15, 0.2) is 23.6 Å². The zero-order chi connectivity index (χ0) is 13.3. The number of thiophene rings is 1. The molecule has 0 aliphatic heterocycles. The fourth-order valence-corrected chi connectivity index (χ4v) is 4.12. The van der Waals surface area contributed by atoms with Crippen LogP contribution in [0.2, 0.25) is 0 Å². The van der Waals surface area contributed by atoms with Crippen molar-refractivity contribution < 1.29 is 4.74 Å². The highest BCUT2D eigenvalue weighted by Crippen LogP contribution is 2.38. The predicted molar refractivity (Wildman–Crippen MR) is 82.3 cm³/mol. The van der Waals surface area contributed by atoms with Crippen LogP contribution in [0.1, 0.15) is 32.0 Å². The lowest BCUT2D eigenvalue weighted by Gasteiger charge is -2.15. The molecule has 1 nitrogen and oxygen atoms in total. The third-order valence-corrected chi connectivity index (χ3v) is 5.48. The lowest BCUT2D eigenvalue weighted by atomic mass is 10.0. The van der Waals surface area contributed by atoms with Crippen molar-refractivity contribution in [3.63, 3.8) is 0 Å². The fraction of sp³-hybridized carbons (Fsp3) is 0.333. The minimum absolute atomic E-state index is 0.265. The number of benzene rings is 1. The standard InChI is InChI=1S/C15H17BrOS/c1-9-5-6-18-15(9)13(16)12-7-10(2)14(17-4)11(3)8-12/h5-8,13H,1-4H3. The Labute approximate surface area is 121 Å². The number of hydrogen-bond acceptors (Lipinski definition) is 2. The molecule has 0 saturated carbocycles. The van der Waals surface area contributed by atoms with E-state index in [1.54, 1.807) is 18.4 Å². The largest absolute Gasteiger partial charge is 0.496 e. The summed E-state index contributed by atoms with van der Waals surface area (Å²) in [7, 11) is 1.73. The fourth-order valence-electron chi connectivity index (χ4n) is 2.25. The molecule has 96 valence electrons. The summed E-state index contributed by atoms with van der Waals surface area (Å²) >= 11 is 5.60. The van der Waals surface area contributed by atoms with E-state index in [0.29, 0.717) is 0 Å². The van der Waals surface area contributed by atoms with Crippen molar-refractivity contribution in [1.29, 1.82) is 0 Å². The van der Waals surface area contributed by atoms with Crippen LogP contribution >= 0.6 is 27.3 Å². The van der Waals surface area contributed by atoms with Gasteiger partial charge in [0.05, 0.1) is 11.9 Å². The Bertz CT molecular complexity index is 536. The average molecular weight is 325 g/mol. The van der Waals surface area contributed by atoms with Crippen LogP contribution in [0.4, 0.5) is 0 Å². The van der Waals surface area contributed by atoms with Gasteiger partial charge in [-0.3, -0.25) is 0 Å². The van der Waals surface area contributed by atoms with Gasteiger partial charge in [0.2, 0.25) is 0 Å². The normalized spacial score (nSPS) is 12.5. The Morgan fingerprint density at radius 1 is 1.11 bits per heavy atom. The molecular weight excluding hydrogens is 308 g/mol. The Hall–Kier alpha value is -0.800. The highest BCUT2D eigenvalue weighted by molar-refractivity contribution is 9.09. The molecule has 1 heterocycles. The van der Waals surface area contributed by atoms with Gasteiger partial charge in [-0.05, 0) is 54.5 Å². The van der Waals surface area contributed by atoms with E-state index in [1.807, 2.05) is 0 Å². The molecule has 0 bridgehead atoms. The first-order valence-corrected chi connectivity index (χ1v) is 7.67. The van der Waals surface area contributed by atoms with Crippen molar-refractivity contribution in [3.05, 3.63) is 50.7 Å². The molecule has 0 saturated heterocycles. The van der Waals surface area contributed by atoms with Gasteiger partial charge in [-0.25, -0.2) is 0 Å². The summed E-state index contributed by atoms with van der Waals surface area (Å²) in [5.41, 5.74) is 5.00. The quantitative estimate of drug-likeness (QED) is 0.708. The van der Waals surface area contributed by atoms with Crippen molar-refractivity contribution in [1.82, 2.24) is 0 Å². The Morgan fingerprint density at radius 3 is 2.17 bits per heavy atom. The first-order valence-electron chi connectivity index (χ1n) is 5.87. The molecule has 0 spiro atoms. The van der Waals surface area contributed by atoms with Crippen molar-refractivity contribution in [2.24, 2.45) is 0 Å². The Morgan fingerprint density at radius 2 is 1.72 bits per heavy atom. The predicted octanol–water partition coefficient (Wildman–Crippen LogP) is 5.17. The molecule has 1 aromatic carbocycles. The van der Waals surface area contributed by atoms with E-state index in [2.05, 4.69) is 60.3 Å². The number of ether oxygens (including phenoxy) is 1. The summed E-state index contributed by atoms with van der Waals surface area (Å²) in [6.07, 6.45) is 0. The summed E-state index contributed by atoms with van der Waals surface area (Å²) < 4.78 is 5.41. The second-order valence-corrected chi connectivity index (χ2v) is 6.38. The van der Waals surface area contributed by atoms with E-state index >= 15 is 0 Å². The molecule has 1 unspecified atom stereocenters. The van der Waals surface area contributed by atoms with Crippen LogP contribution < -0.4 is 4.74 Å². The summed E-state index contributed by atoms with van der Waals surface area (Å²) in [4.78, 5) is 1.64. The van der Waals surface area contributed by atoms with E-state index in [9.17, 15) is 0 Å². The van der Waals surface area contributed by atoms with E-state index < -0.39 is 0 Å². The minimum atomic E-state index is 0.265. The lowest BCUT2D eigenvalue weighted by molar-refractivity contribution is 0.408. The molecule has 2 rings (SSSR count). The van der Waals surface area contributed by atoms with Gasteiger partial charge in [0.25, 0.3) is 0 Å². The average Bonchev–Trinajstić information content (AvgIpc) is 2.74. The second kappa shape index (κ2) is 5.45. The van der Waals surface area contributed by atoms with Crippen LogP contribution in [0.3, 0.4) is 0 Å². The summed E-state index contributed by atoms with van der Waals surface area (Å²) in [5, 5.41) is 2.14. The zero-order valence-corrected chi connectivity index (χ0v) is 13.5. The molecule has 3 heteroatoms. The van der Waals surface area contributed by atoms with E-state index in [-0.39, 0.29) is 4.83 Å². The molecule has 0 fully saturated rings. The van der Waals surface area contributed by atoms with Crippen LogP contribution in [0.5, 0.6) is 5.75 Å². The third kappa shape index (κ3) is 2.47. The number of alkyl halides is 1. The summed E-state index contributed by atoms with van der Waals surface area (Å²) in [5.74, 6) is 0.987. The Balaban J connectivity index is 2.43. The van der Waals surface area contributed by atoms with Gasteiger partial charge in [0.1, 0.15) is 5.75 Å². The molecule has 0 aliphatic carbocycles. The smallest absolute Gasteiger partial charge is 0.124 e. The van der Waals surface area contributed by atoms with Crippen molar-refractivity contribution in [2.45, 2.75) is 25.6 Å². The highest BCUT2D eigenvalue weighted by atomic mass is 79.9. The van der Waals surface area contributed by atoms with Crippen LogP contribution in [0, 0.1) is 20.8 Å². The van der Waals surface area contributed by atoms with Gasteiger partial charge >= 0.3 is 0 Å². The van der Waals surface area contributed by atoms with E-state index in [0.717, 1.165) is 5.75 Å². The molecule has 1 atom stereocenters. The highest BCUT2D eigenvalue weighted by Gasteiger charge is 2.16. The topological polar surface area (TPSA) is 9.23 Å². The van der Waals surface area contributed by atoms with Crippen LogP contribution in [-0.4, -0.2) is 7.11 Å². The SMILES string of the molecule is COc1c(C)cc(C(Br)c2sccc2C)cc1C. The number of hydrogen-bond donors (Lipinski definition) is 0. The molecular formula is C15H17BrOS. The van der Waals surface area contributed by atoms with Gasteiger partial charge in [-0.1, -0.05) is 28.1 Å². The number of halogens is 1. The molecule has 0 amide bonds. The maximum atomic E-state index is 5.41. The first kappa shape index (κ1) is 13.6. The summed E-state index contributed by atoms with van der Waals surface area (Å²) in [6.45, 7) is 6.34. The third-order valence-electron chi connectivity index (χ3n) is 3.11. The number of aryl methyl sites for hydroxylation is 3. The van der Waals surface area contributed by atoms with Crippen LogP contribution in [0.25, 0.3) is 0 Å². The van der Waals surface area contributed by atoms with E-state index in [1.165, 1.54) is 27.1 Å². The number of methoxy groups -OCH3 is 1. The molecule has 18 heavy (non-hydrogen) atoms. The van der Waals surface area contributed by atoms with Gasteiger partial charge in [-0.15, -0.1) is 11.3 Å². The molecule has 1 aromatic heterocycles. The second-order valence-electron chi connectivity index (χ2n) is 4.52. The van der Waals surface area contributed by atoms with Gasteiger partial charge in [-0.2, -0.15) is 0 Å². The Kier molecular flexibility index (Phi) is 4.13.